The fourth-order valence-electron chi connectivity index (χ4n) is 1.91. The van der Waals surface area contributed by atoms with Gasteiger partial charge in [0.2, 0.25) is 5.88 Å². The van der Waals surface area contributed by atoms with Gasteiger partial charge in [-0.1, -0.05) is 12.1 Å². The number of carboxylic acids is 1. The normalized spacial score (nSPS) is 10.1. The number of carboxylic acid groups (broad SMARTS) is 1. The Bertz CT molecular complexity index is 626. The zero-order valence-corrected chi connectivity index (χ0v) is 11.4. The van der Waals surface area contributed by atoms with E-state index in [1.165, 1.54) is 0 Å². The van der Waals surface area contributed by atoms with Crippen LogP contribution in [0.1, 0.15) is 21.6 Å². The third kappa shape index (κ3) is 3.06. The van der Waals surface area contributed by atoms with Gasteiger partial charge in [0.25, 0.3) is 0 Å². The van der Waals surface area contributed by atoms with Crippen molar-refractivity contribution in [3.63, 3.8) is 0 Å². The van der Waals surface area contributed by atoms with E-state index >= 15 is 0 Å². The third-order valence-corrected chi connectivity index (χ3v) is 3.01. The van der Waals surface area contributed by atoms with E-state index in [-0.39, 0.29) is 0 Å². The summed E-state index contributed by atoms with van der Waals surface area (Å²) in [6, 6.07) is 10.7. The first-order valence-corrected chi connectivity index (χ1v) is 6.18. The van der Waals surface area contributed by atoms with Crippen molar-refractivity contribution in [3.8, 4) is 5.88 Å². The smallest absolute Gasteiger partial charge is 0.336 e. The average Bonchev–Trinajstić information content (AvgIpc) is 2.46. The molecule has 0 aliphatic carbocycles. The van der Waals surface area contributed by atoms with Crippen LogP contribution < -0.4 is 10.1 Å². The van der Waals surface area contributed by atoms with Gasteiger partial charge in [-0.15, -0.1) is 0 Å². The maximum absolute atomic E-state index is 11.1. The highest BCUT2D eigenvalue weighted by Gasteiger charge is 2.09. The number of nitrogens with one attached hydrogen (secondary N) is 1. The molecule has 5 heteroatoms. The molecule has 0 unspecified atom stereocenters. The molecule has 1 aromatic heterocycles. The van der Waals surface area contributed by atoms with E-state index in [0.717, 1.165) is 11.4 Å². The molecule has 1 heterocycles. The first-order chi connectivity index (χ1) is 9.61. The molecule has 0 amide bonds. The molecular formula is C15H16N2O3. The van der Waals surface area contributed by atoms with Gasteiger partial charge < -0.3 is 15.2 Å². The lowest BCUT2D eigenvalue weighted by Crippen LogP contribution is -2.06. The number of anilines is 1. The van der Waals surface area contributed by atoms with E-state index in [1.807, 2.05) is 18.2 Å². The second-order valence-electron chi connectivity index (χ2n) is 4.31. The number of aromatic nitrogens is 1. The fraction of sp³-hybridized carbons (Fsp3) is 0.200. The van der Waals surface area contributed by atoms with Gasteiger partial charge in [-0.25, -0.2) is 9.78 Å². The average molecular weight is 272 g/mol. The second-order valence-corrected chi connectivity index (χ2v) is 4.31. The van der Waals surface area contributed by atoms with E-state index in [4.69, 9.17) is 9.84 Å². The number of pyridine rings is 1. The summed E-state index contributed by atoms with van der Waals surface area (Å²) < 4.78 is 5.06. The van der Waals surface area contributed by atoms with Crippen LogP contribution in [-0.4, -0.2) is 23.2 Å². The Kier molecular flexibility index (Phi) is 4.20. The summed E-state index contributed by atoms with van der Waals surface area (Å²) in [5, 5.41) is 12.3. The highest BCUT2D eigenvalue weighted by atomic mass is 16.5. The Balaban J connectivity index is 2.14. The van der Waals surface area contributed by atoms with Crippen molar-refractivity contribution in [1.29, 1.82) is 0 Å². The van der Waals surface area contributed by atoms with E-state index in [1.54, 1.807) is 32.2 Å². The minimum absolute atomic E-state index is 0.300. The van der Waals surface area contributed by atoms with Crippen LogP contribution in [0.4, 0.5) is 5.69 Å². The van der Waals surface area contributed by atoms with Crippen molar-refractivity contribution in [2.24, 2.45) is 0 Å². The molecule has 0 radical (unpaired) electrons. The van der Waals surface area contributed by atoms with Gasteiger partial charge in [0, 0.05) is 11.8 Å². The van der Waals surface area contributed by atoms with Crippen molar-refractivity contribution in [3.05, 3.63) is 53.2 Å². The van der Waals surface area contributed by atoms with Gasteiger partial charge in [0.1, 0.15) is 0 Å². The third-order valence-electron chi connectivity index (χ3n) is 3.01. The van der Waals surface area contributed by atoms with Gasteiger partial charge in [0.15, 0.2) is 0 Å². The summed E-state index contributed by atoms with van der Waals surface area (Å²) in [5.41, 5.74) is 2.62. The Morgan fingerprint density at radius 2 is 2.05 bits per heavy atom. The van der Waals surface area contributed by atoms with Crippen LogP contribution in [0.25, 0.3) is 0 Å². The predicted molar refractivity (Wildman–Crippen MR) is 76.3 cm³/mol. The molecule has 0 saturated heterocycles. The lowest BCUT2D eigenvalue weighted by molar-refractivity contribution is 0.0696. The molecule has 20 heavy (non-hydrogen) atoms. The minimum Gasteiger partial charge on any atom is -0.481 e. The molecule has 1 aromatic carbocycles. The Hall–Kier alpha value is -2.56. The topological polar surface area (TPSA) is 71.5 Å². The van der Waals surface area contributed by atoms with Crippen LogP contribution in [-0.2, 0) is 6.54 Å². The SMILES string of the molecule is COc1cccc(CNc2cccc(C(=O)O)c2C)n1. The standard InChI is InChI=1S/C15H16N2O3/c1-10-12(15(18)19)6-4-7-13(10)16-9-11-5-3-8-14(17-11)20-2/h3-8,16H,9H2,1-2H3,(H,18,19). The van der Waals surface area contributed by atoms with Crippen molar-refractivity contribution in [2.75, 3.05) is 12.4 Å². The fourth-order valence-corrected chi connectivity index (χ4v) is 1.91. The number of benzene rings is 1. The number of aromatic carboxylic acids is 1. The van der Waals surface area contributed by atoms with Crippen LogP contribution in [0.5, 0.6) is 5.88 Å². The summed E-state index contributed by atoms with van der Waals surface area (Å²) in [6.07, 6.45) is 0. The zero-order chi connectivity index (χ0) is 14.5. The van der Waals surface area contributed by atoms with E-state index in [2.05, 4.69) is 10.3 Å². The van der Waals surface area contributed by atoms with Gasteiger partial charge >= 0.3 is 5.97 Å². The summed E-state index contributed by atoms with van der Waals surface area (Å²) in [7, 11) is 1.57. The van der Waals surface area contributed by atoms with Crippen molar-refractivity contribution in [1.82, 2.24) is 4.98 Å². The highest BCUT2D eigenvalue weighted by Crippen LogP contribution is 2.19. The molecule has 0 atom stereocenters. The van der Waals surface area contributed by atoms with Crippen LogP contribution in [0, 0.1) is 6.92 Å². The van der Waals surface area contributed by atoms with E-state index < -0.39 is 5.97 Å². The number of methoxy groups -OCH3 is 1. The van der Waals surface area contributed by atoms with E-state index in [9.17, 15) is 4.79 Å². The highest BCUT2D eigenvalue weighted by molar-refractivity contribution is 5.91. The first-order valence-electron chi connectivity index (χ1n) is 6.18. The summed E-state index contributed by atoms with van der Waals surface area (Å²) in [5.74, 6) is -0.369. The first kappa shape index (κ1) is 13.9. The zero-order valence-electron chi connectivity index (χ0n) is 11.4. The predicted octanol–water partition coefficient (Wildman–Crippen LogP) is 2.71. The number of carbonyl (C=O) groups is 1. The molecule has 2 aromatic rings. The second kappa shape index (κ2) is 6.06. The van der Waals surface area contributed by atoms with Gasteiger partial charge in [-0.3, -0.25) is 0 Å². The maximum atomic E-state index is 11.1. The molecule has 104 valence electrons. The Morgan fingerprint density at radius 1 is 1.30 bits per heavy atom. The van der Waals surface area contributed by atoms with Crippen molar-refractivity contribution < 1.29 is 14.6 Å². The largest absolute Gasteiger partial charge is 0.481 e. The minimum atomic E-state index is -0.925. The van der Waals surface area contributed by atoms with Gasteiger partial charge in [-0.05, 0) is 30.7 Å². The van der Waals surface area contributed by atoms with Gasteiger partial charge in [0.05, 0.1) is 24.9 Å². The van der Waals surface area contributed by atoms with E-state index in [0.29, 0.717) is 23.6 Å². The number of rotatable bonds is 5. The van der Waals surface area contributed by atoms with Crippen LogP contribution >= 0.6 is 0 Å². The summed E-state index contributed by atoms with van der Waals surface area (Å²) in [6.45, 7) is 2.28. The quantitative estimate of drug-likeness (QED) is 0.875. The molecule has 0 aliphatic heterocycles. The maximum Gasteiger partial charge on any atom is 0.336 e. The molecule has 5 nitrogen and oxygen atoms in total. The molecule has 0 fully saturated rings. The number of nitrogens with zero attached hydrogens (tertiary/aromatic N) is 1. The lowest BCUT2D eigenvalue weighted by Gasteiger charge is -2.11. The number of hydrogen-bond donors (Lipinski definition) is 2. The van der Waals surface area contributed by atoms with Crippen molar-refractivity contribution >= 4 is 11.7 Å². The summed E-state index contributed by atoms with van der Waals surface area (Å²) in [4.78, 5) is 15.4. The van der Waals surface area contributed by atoms with Crippen LogP contribution in [0.2, 0.25) is 0 Å². The Labute approximate surface area is 117 Å². The molecule has 0 spiro atoms. The molecular weight excluding hydrogens is 256 g/mol. The molecule has 2 rings (SSSR count). The van der Waals surface area contributed by atoms with Crippen LogP contribution in [0.15, 0.2) is 36.4 Å². The van der Waals surface area contributed by atoms with Gasteiger partial charge in [-0.2, -0.15) is 0 Å². The molecule has 0 saturated carbocycles. The Morgan fingerprint density at radius 3 is 2.75 bits per heavy atom. The molecule has 0 aliphatic rings. The molecule has 2 N–H and O–H groups in total. The monoisotopic (exact) mass is 272 g/mol. The number of hydrogen-bond acceptors (Lipinski definition) is 4. The number of ether oxygens (including phenoxy) is 1. The van der Waals surface area contributed by atoms with Crippen LogP contribution in [0.3, 0.4) is 0 Å². The lowest BCUT2D eigenvalue weighted by atomic mass is 10.1. The van der Waals surface area contributed by atoms with Crippen molar-refractivity contribution in [2.45, 2.75) is 13.5 Å². The molecule has 0 bridgehead atoms. The summed E-state index contributed by atoms with van der Waals surface area (Å²) >= 11 is 0.